The van der Waals surface area contributed by atoms with Gasteiger partial charge in [0.05, 0.1) is 18.8 Å². The fraction of sp³-hybridized carbons (Fsp3) is 0.909. The van der Waals surface area contributed by atoms with Gasteiger partial charge in [0.25, 0.3) is 0 Å². The molecule has 2 atom stereocenters. The molecular formula is C22H39NO. The Labute approximate surface area is 149 Å². The average molecular weight is 334 g/mol. The molecular weight excluding hydrogens is 294 g/mol. The third-order valence-electron chi connectivity index (χ3n) is 7.25. The minimum absolute atomic E-state index is 0.0306. The fourth-order valence-electron chi connectivity index (χ4n) is 5.13. The van der Waals surface area contributed by atoms with E-state index in [9.17, 15) is 0 Å². The Kier molecular flexibility index (Phi) is 6.08. The van der Waals surface area contributed by atoms with E-state index in [4.69, 9.17) is 10.5 Å². The first-order chi connectivity index (χ1) is 11.5. The highest BCUT2D eigenvalue weighted by molar-refractivity contribution is 5.23. The molecule has 1 aliphatic heterocycles. The van der Waals surface area contributed by atoms with Gasteiger partial charge in [-0.05, 0) is 49.4 Å². The number of ether oxygens (including phenoxy) is 1. The lowest BCUT2D eigenvalue weighted by Gasteiger charge is -2.56. The van der Waals surface area contributed by atoms with Crippen LogP contribution in [0, 0.1) is 17.3 Å². The van der Waals surface area contributed by atoms with E-state index in [1.807, 2.05) is 0 Å². The molecule has 0 amide bonds. The van der Waals surface area contributed by atoms with E-state index in [1.54, 1.807) is 5.57 Å². The number of allylic oxidation sites excluding steroid dienone is 2. The van der Waals surface area contributed by atoms with Gasteiger partial charge in [-0.2, -0.15) is 0 Å². The maximum absolute atomic E-state index is 6.16. The van der Waals surface area contributed by atoms with E-state index in [0.29, 0.717) is 5.41 Å². The van der Waals surface area contributed by atoms with Crippen LogP contribution < -0.4 is 5.73 Å². The Morgan fingerprint density at radius 3 is 2.17 bits per heavy atom. The summed E-state index contributed by atoms with van der Waals surface area (Å²) in [6.07, 6.45) is 19.1. The second kappa shape index (κ2) is 7.91. The summed E-state index contributed by atoms with van der Waals surface area (Å²) in [4.78, 5) is 0. The zero-order chi connectivity index (χ0) is 17.0. The van der Waals surface area contributed by atoms with Crippen molar-refractivity contribution in [3.63, 3.8) is 0 Å². The topological polar surface area (TPSA) is 35.2 Å². The number of hydrogen-bond acceptors (Lipinski definition) is 2. The van der Waals surface area contributed by atoms with Crippen molar-refractivity contribution in [3.05, 3.63) is 11.6 Å². The van der Waals surface area contributed by atoms with Crippen LogP contribution in [0.3, 0.4) is 0 Å². The van der Waals surface area contributed by atoms with Crippen LogP contribution in [0.1, 0.15) is 90.9 Å². The molecule has 4 rings (SSSR count). The van der Waals surface area contributed by atoms with Crippen molar-refractivity contribution in [1.82, 2.24) is 0 Å². The molecule has 0 radical (unpaired) electrons. The standard InChI is InChI=1S/C22H39NO/c1-21(2)19-13-12-18(20(21)15-19)11-9-7-5-3-4-6-8-10-14-22(23)16-24-17-22/h12,19-20H,3-11,13-17,23H2,1-2H3. The number of hydrogen-bond donors (Lipinski definition) is 1. The average Bonchev–Trinajstić information content (AvgIpc) is 2.54. The van der Waals surface area contributed by atoms with Gasteiger partial charge in [0.15, 0.2) is 0 Å². The van der Waals surface area contributed by atoms with Gasteiger partial charge < -0.3 is 10.5 Å². The van der Waals surface area contributed by atoms with Crippen LogP contribution in [-0.2, 0) is 4.74 Å². The van der Waals surface area contributed by atoms with E-state index in [2.05, 4.69) is 19.9 Å². The Bertz CT molecular complexity index is 435. The molecule has 1 saturated heterocycles. The molecule has 2 nitrogen and oxygen atoms in total. The third-order valence-corrected chi connectivity index (χ3v) is 7.25. The highest BCUT2D eigenvalue weighted by Gasteiger charge is 2.50. The first kappa shape index (κ1) is 18.5. The van der Waals surface area contributed by atoms with E-state index in [-0.39, 0.29) is 5.54 Å². The Hall–Kier alpha value is -0.340. The summed E-state index contributed by atoms with van der Waals surface area (Å²) in [6, 6.07) is 0. The highest BCUT2D eigenvalue weighted by Crippen LogP contribution is 2.59. The maximum Gasteiger partial charge on any atom is 0.0669 e. The van der Waals surface area contributed by atoms with Crippen LogP contribution in [0.25, 0.3) is 0 Å². The van der Waals surface area contributed by atoms with Crippen molar-refractivity contribution < 1.29 is 4.74 Å². The second-order valence-electron chi connectivity index (χ2n) is 9.50. The smallest absolute Gasteiger partial charge is 0.0669 e. The summed E-state index contributed by atoms with van der Waals surface area (Å²) in [5.41, 5.74) is 8.60. The van der Waals surface area contributed by atoms with Gasteiger partial charge in [-0.3, -0.25) is 0 Å². The third kappa shape index (κ3) is 4.25. The van der Waals surface area contributed by atoms with Gasteiger partial charge >= 0.3 is 0 Å². The molecule has 2 heteroatoms. The summed E-state index contributed by atoms with van der Waals surface area (Å²) in [5, 5.41) is 0. The first-order valence-electron chi connectivity index (χ1n) is 10.6. The lowest BCUT2D eigenvalue weighted by molar-refractivity contribution is -0.0582. The fourth-order valence-corrected chi connectivity index (χ4v) is 5.13. The van der Waals surface area contributed by atoms with Crippen molar-refractivity contribution >= 4 is 0 Å². The number of rotatable bonds is 11. The minimum atomic E-state index is 0.0306. The van der Waals surface area contributed by atoms with Crippen LogP contribution in [-0.4, -0.2) is 18.8 Å². The molecule has 24 heavy (non-hydrogen) atoms. The second-order valence-corrected chi connectivity index (χ2v) is 9.50. The van der Waals surface area contributed by atoms with E-state index < -0.39 is 0 Å². The Balaban J connectivity index is 1.14. The Morgan fingerprint density at radius 1 is 1.00 bits per heavy atom. The molecule has 4 aliphatic rings. The summed E-state index contributed by atoms with van der Waals surface area (Å²) >= 11 is 0. The minimum Gasteiger partial charge on any atom is -0.377 e. The van der Waals surface area contributed by atoms with Gasteiger partial charge in [0.2, 0.25) is 0 Å². The van der Waals surface area contributed by atoms with Crippen LogP contribution in [0.4, 0.5) is 0 Å². The Morgan fingerprint density at radius 2 is 1.62 bits per heavy atom. The van der Waals surface area contributed by atoms with Crippen molar-refractivity contribution in [3.8, 4) is 0 Å². The lowest BCUT2D eigenvalue weighted by Crippen LogP contribution is -2.57. The SMILES string of the molecule is CC1(C)C2CC=C(CCCCCCCCCCC3(N)COC3)C1C2. The zero-order valence-corrected chi connectivity index (χ0v) is 16.1. The van der Waals surface area contributed by atoms with Crippen LogP contribution in [0.5, 0.6) is 0 Å². The van der Waals surface area contributed by atoms with Crippen LogP contribution >= 0.6 is 0 Å². The lowest BCUT2D eigenvalue weighted by atomic mass is 9.48. The van der Waals surface area contributed by atoms with Crippen molar-refractivity contribution in [1.29, 1.82) is 0 Å². The highest BCUT2D eigenvalue weighted by atomic mass is 16.5. The molecule has 1 heterocycles. The number of nitrogens with two attached hydrogens (primary N) is 1. The maximum atomic E-state index is 6.16. The zero-order valence-electron chi connectivity index (χ0n) is 16.1. The molecule has 1 saturated carbocycles. The van der Waals surface area contributed by atoms with Gasteiger partial charge in [0, 0.05) is 0 Å². The quantitative estimate of drug-likeness (QED) is 0.394. The largest absolute Gasteiger partial charge is 0.377 e. The summed E-state index contributed by atoms with van der Waals surface area (Å²) in [6.45, 7) is 6.54. The van der Waals surface area contributed by atoms with E-state index in [0.717, 1.165) is 31.5 Å². The molecule has 2 N–H and O–H groups in total. The van der Waals surface area contributed by atoms with Gasteiger partial charge in [0.1, 0.15) is 0 Å². The van der Waals surface area contributed by atoms with Crippen molar-refractivity contribution in [2.45, 2.75) is 96.4 Å². The first-order valence-corrected chi connectivity index (χ1v) is 10.6. The molecule has 0 aromatic carbocycles. The molecule has 2 fully saturated rings. The molecule has 0 aromatic heterocycles. The summed E-state index contributed by atoms with van der Waals surface area (Å²) in [7, 11) is 0. The normalized spacial score (nSPS) is 29.5. The summed E-state index contributed by atoms with van der Waals surface area (Å²) in [5.74, 6) is 1.90. The van der Waals surface area contributed by atoms with Crippen molar-refractivity contribution in [2.75, 3.05) is 13.2 Å². The van der Waals surface area contributed by atoms with E-state index >= 15 is 0 Å². The molecule has 2 bridgehead atoms. The number of unbranched alkanes of at least 4 members (excludes halogenated alkanes) is 7. The molecule has 2 unspecified atom stereocenters. The van der Waals surface area contributed by atoms with Crippen LogP contribution in [0.15, 0.2) is 11.6 Å². The monoisotopic (exact) mass is 333 g/mol. The van der Waals surface area contributed by atoms with E-state index in [1.165, 1.54) is 70.6 Å². The molecule has 0 spiro atoms. The van der Waals surface area contributed by atoms with Crippen molar-refractivity contribution in [2.24, 2.45) is 23.0 Å². The van der Waals surface area contributed by atoms with Gasteiger partial charge in [-0.15, -0.1) is 0 Å². The number of fused-ring (bicyclic) bond motifs is 1. The predicted octanol–water partition coefficient (Wildman–Crippen LogP) is 5.61. The van der Waals surface area contributed by atoms with Gasteiger partial charge in [-0.1, -0.05) is 70.4 Å². The molecule has 3 aliphatic carbocycles. The van der Waals surface area contributed by atoms with Crippen LogP contribution in [0.2, 0.25) is 0 Å². The summed E-state index contributed by atoms with van der Waals surface area (Å²) < 4.78 is 5.21. The molecule has 0 aromatic rings. The molecule has 138 valence electrons. The predicted molar refractivity (Wildman–Crippen MR) is 102 cm³/mol. The van der Waals surface area contributed by atoms with Gasteiger partial charge in [-0.25, -0.2) is 0 Å².